The minimum absolute atomic E-state index is 0.111. The molecule has 1 unspecified atom stereocenters. The van der Waals surface area contributed by atoms with Crippen molar-refractivity contribution in [1.82, 2.24) is 9.80 Å². The zero-order chi connectivity index (χ0) is 20.0. The number of nitrogens with zero attached hydrogens (tertiary/aromatic N) is 2. The second-order valence-corrected chi connectivity index (χ2v) is 7.34. The molecular weight excluding hydrogens is 376 g/mol. The van der Waals surface area contributed by atoms with Crippen LogP contribution in [0.2, 0.25) is 0 Å². The largest absolute Gasteiger partial charge is 0.454 e. The molecule has 150 valence electrons. The Hall–Kier alpha value is -3.42. The maximum Gasteiger partial charge on any atom is 0.312 e. The van der Waals surface area contributed by atoms with E-state index in [1.54, 1.807) is 9.80 Å². The number of piperazine rings is 1. The highest BCUT2D eigenvalue weighted by Crippen LogP contribution is 2.34. The molecule has 0 radical (unpaired) electrons. The summed E-state index contributed by atoms with van der Waals surface area (Å²) in [6.07, 6.45) is 0. The van der Waals surface area contributed by atoms with Crippen LogP contribution in [0.1, 0.15) is 18.1 Å². The molecule has 2 amide bonds. The Morgan fingerprint density at radius 1 is 0.793 bits per heavy atom. The molecule has 1 fully saturated rings. The molecule has 0 bridgehead atoms. The Morgan fingerprint density at radius 3 is 1.97 bits per heavy atom. The molecule has 8 nitrogen and oxygen atoms in total. The van der Waals surface area contributed by atoms with Crippen LogP contribution in [0.25, 0.3) is 0 Å². The van der Waals surface area contributed by atoms with Crippen molar-refractivity contribution < 1.29 is 28.5 Å². The van der Waals surface area contributed by atoms with Gasteiger partial charge in [0.25, 0.3) is 0 Å². The number of fused-ring (bicyclic) bond motifs is 2. The Bertz CT molecular complexity index is 991. The fourth-order valence-electron chi connectivity index (χ4n) is 3.82. The normalized spacial score (nSPS) is 19.8. The number of ether oxygens (including phenoxy) is 4. The lowest BCUT2D eigenvalue weighted by molar-refractivity contribution is -0.159. The van der Waals surface area contributed by atoms with Gasteiger partial charge in [-0.05, 0) is 42.3 Å². The number of carbonyl (C=O) groups excluding carboxylic acids is 2. The van der Waals surface area contributed by atoms with Crippen LogP contribution in [-0.2, 0) is 22.7 Å². The summed E-state index contributed by atoms with van der Waals surface area (Å²) in [5.41, 5.74) is 1.79. The molecule has 0 saturated carbocycles. The van der Waals surface area contributed by atoms with Crippen molar-refractivity contribution in [2.24, 2.45) is 0 Å². The average molecular weight is 396 g/mol. The van der Waals surface area contributed by atoms with Crippen LogP contribution < -0.4 is 18.9 Å². The van der Waals surface area contributed by atoms with E-state index in [2.05, 4.69) is 0 Å². The van der Waals surface area contributed by atoms with E-state index in [4.69, 9.17) is 18.9 Å². The van der Waals surface area contributed by atoms with Gasteiger partial charge in [-0.25, -0.2) is 0 Å². The zero-order valence-electron chi connectivity index (χ0n) is 15.9. The first-order valence-corrected chi connectivity index (χ1v) is 9.45. The molecule has 1 atom stereocenters. The lowest BCUT2D eigenvalue weighted by atomic mass is 10.1. The molecule has 3 aliphatic heterocycles. The summed E-state index contributed by atoms with van der Waals surface area (Å²) in [4.78, 5) is 28.7. The summed E-state index contributed by atoms with van der Waals surface area (Å²) >= 11 is 0. The lowest BCUT2D eigenvalue weighted by Crippen LogP contribution is -2.57. The third-order valence-corrected chi connectivity index (χ3v) is 5.35. The number of hydrogen-bond donors (Lipinski definition) is 0. The Balaban J connectivity index is 1.29. The van der Waals surface area contributed by atoms with Crippen LogP contribution in [0.15, 0.2) is 36.4 Å². The fourth-order valence-corrected chi connectivity index (χ4v) is 3.82. The van der Waals surface area contributed by atoms with Crippen molar-refractivity contribution in [2.75, 3.05) is 20.1 Å². The molecular formula is C21H20N2O6. The van der Waals surface area contributed by atoms with Crippen LogP contribution in [-0.4, -0.2) is 47.8 Å². The van der Waals surface area contributed by atoms with Crippen molar-refractivity contribution >= 4 is 11.8 Å². The quantitative estimate of drug-likeness (QED) is 0.735. The minimum atomic E-state index is -0.499. The van der Waals surface area contributed by atoms with E-state index < -0.39 is 11.8 Å². The van der Waals surface area contributed by atoms with E-state index in [0.29, 0.717) is 42.6 Å². The molecule has 29 heavy (non-hydrogen) atoms. The summed E-state index contributed by atoms with van der Waals surface area (Å²) in [7, 11) is 0. The van der Waals surface area contributed by atoms with Crippen molar-refractivity contribution in [2.45, 2.75) is 26.1 Å². The summed E-state index contributed by atoms with van der Waals surface area (Å²) in [5.74, 6) is 1.71. The number of carbonyl (C=O) groups is 2. The second-order valence-electron chi connectivity index (χ2n) is 7.34. The molecule has 5 rings (SSSR count). The summed E-state index contributed by atoms with van der Waals surface area (Å²) in [5, 5.41) is 0. The Morgan fingerprint density at radius 2 is 1.34 bits per heavy atom. The number of benzene rings is 2. The molecule has 2 aromatic carbocycles. The van der Waals surface area contributed by atoms with Gasteiger partial charge in [-0.3, -0.25) is 9.59 Å². The van der Waals surface area contributed by atoms with E-state index in [1.807, 2.05) is 43.3 Å². The van der Waals surface area contributed by atoms with Gasteiger partial charge in [0.2, 0.25) is 13.6 Å². The molecule has 0 N–H and O–H groups in total. The van der Waals surface area contributed by atoms with Gasteiger partial charge >= 0.3 is 11.8 Å². The van der Waals surface area contributed by atoms with E-state index in [0.717, 1.165) is 11.1 Å². The van der Waals surface area contributed by atoms with Crippen LogP contribution in [0.3, 0.4) is 0 Å². The van der Waals surface area contributed by atoms with Gasteiger partial charge in [0.15, 0.2) is 23.0 Å². The molecule has 8 heteroatoms. The van der Waals surface area contributed by atoms with Crippen molar-refractivity contribution in [3.05, 3.63) is 47.5 Å². The summed E-state index contributed by atoms with van der Waals surface area (Å²) < 4.78 is 21.4. The van der Waals surface area contributed by atoms with Crippen molar-refractivity contribution in [3.8, 4) is 23.0 Å². The van der Waals surface area contributed by atoms with Crippen LogP contribution in [0.5, 0.6) is 23.0 Å². The zero-order valence-corrected chi connectivity index (χ0v) is 15.9. The minimum Gasteiger partial charge on any atom is -0.454 e. The SMILES string of the molecule is CC1CN(Cc2ccc3c(c2)OCO3)C(=O)C(=O)N1Cc1ccc2c(c1)OCO2. The number of amides is 2. The maximum absolute atomic E-state index is 12.8. The third kappa shape index (κ3) is 3.20. The van der Waals surface area contributed by atoms with Gasteiger partial charge in [0, 0.05) is 25.7 Å². The van der Waals surface area contributed by atoms with E-state index >= 15 is 0 Å². The first-order valence-electron chi connectivity index (χ1n) is 9.45. The smallest absolute Gasteiger partial charge is 0.312 e. The monoisotopic (exact) mass is 396 g/mol. The first kappa shape index (κ1) is 17.7. The molecule has 2 aromatic rings. The van der Waals surface area contributed by atoms with E-state index in [9.17, 15) is 9.59 Å². The topological polar surface area (TPSA) is 77.5 Å². The van der Waals surface area contributed by atoms with E-state index in [1.165, 1.54) is 0 Å². The van der Waals surface area contributed by atoms with Crippen LogP contribution in [0, 0.1) is 0 Å². The molecule has 3 aliphatic rings. The fraction of sp³-hybridized carbons (Fsp3) is 0.333. The predicted molar refractivity (Wildman–Crippen MR) is 101 cm³/mol. The number of rotatable bonds is 4. The first-order chi connectivity index (χ1) is 14.1. The molecule has 1 saturated heterocycles. The summed E-state index contributed by atoms with van der Waals surface area (Å²) in [6.45, 7) is 3.51. The predicted octanol–water partition coefficient (Wildman–Crippen LogP) is 1.90. The Kier molecular flexibility index (Phi) is 4.19. The molecule has 0 aromatic heterocycles. The Labute approximate surface area is 167 Å². The molecule has 3 heterocycles. The summed E-state index contributed by atoms with van der Waals surface area (Å²) in [6, 6.07) is 11.0. The third-order valence-electron chi connectivity index (χ3n) is 5.35. The molecule has 0 aliphatic carbocycles. The lowest BCUT2D eigenvalue weighted by Gasteiger charge is -2.39. The average Bonchev–Trinajstić information content (AvgIpc) is 3.37. The van der Waals surface area contributed by atoms with Crippen molar-refractivity contribution in [1.29, 1.82) is 0 Å². The maximum atomic E-state index is 12.8. The highest BCUT2D eigenvalue weighted by molar-refractivity contribution is 6.35. The highest BCUT2D eigenvalue weighted by atomic mass is 16.7. The van der Waals surface area contributed by atoms with Gasteiger partial charge in [-0.1, -0.05) is 12.1 Å². The second kappa shape index (κ2) is 6.88. The molecule has 0 spiro atoms. The number of hydrogen-bond acceptors (Lipinski definition) is 6. The van der Waals surface area contributed by atoms with Crippen LogP contribution in [0.4, 0.5) is 0 Å². The van der Waals surface area contributed by atoms with Crippen molar-refractivity contribution in [3.63, 3.8) is 0 Å². The van der Waals surface area contributed by atoms with Gasteiger partial charge in [-0.2, -0.15) is 0 Å². The highest BCUT2D eigenvalue weighted by Gasteiger charge is 2.37. The van der Waals surface area contributed by atoms with Gasteiger partial charge in [-0.15, -0.1) is 0 Å². The van der Waals surface area contributed by atoms with Crippen LogP contribution >= 0.6 is 0 Å². The van der Waals surface area contributed by atoms with Gasteiger partial charge < -0.3 is 28.7 Å². The van der Waals surface area contributed by atoms with E-state index in [-0.39, 0.29) is 19.6 Å². The van der Waals surface area contributed by atoms with Gasteiger partial charge in [0.05, 0.1) is 0 Å². The van der Waals surface area contributed by atoms with Gasteiger partial charge in [0.1, 0.15) is 0 Å². The standard InChI is InChI=1S/C21H20N2O6/c1-13-8-22(9-14-2-4-16-18(6-14)28-11-26-16)20(24)21(25)23(13)10-15-3-5-17-19(7-15)29-12-27-17/h2-7,13H,8-12H2,1H3.